The predicted molar refractivity (Wildman–Crippen MR) is 146 cm³/mol. The molecule has 0 bridgehead atoms. The van der Waals surface area contributed by atoms with Crippen LogP contribution in [0, 0.1) is 17.3 Å². The molecular formula is C30H44O6S. The van der Waals surface area contributed by atoms with Crippen molar-refractivity contribution in [3.05, 3.63) is 34.9 Å². The predicted octanol–water partition coefficient (Wildman–Crippen LogP) is 6.73. The molecule has 0 saturated heterocycles. The minimum atomic E-state index is -3.33. The molecule has 3 aliphatic rings. The van der Waals surface area contributed by atoms with E-state index in [0.717, 1.165) is 70.5 Å². The molecule has 206 valence electrons. The summed E-state index contributed by atoms with van der Waals surface area (Å²) in [5.41, 5.74) is 4.08. The minimum Gasteiger partial charge on any atom is -0.508 e. The van der Waals surface area contributed by atoms with Crippen LogP contribution in [0.4, 0.5) is 0 Å². The summed E-state index contributed by atoms with van der Waals surface area (Å²) < 4.78 is 32.7. The Kier molecular flexibility index (Phi) is 9.05. The second-order valence-corrected chi connectivity index (χ2v) is 13.4. The van der Waals surface area contributed by atoms with Crippen molar-refractivity contribution in [3.63, 3.8) is 0 Å². The quantitative estimate of drug-likeness (QED) is 0.182. The number of phenols is 1. The maximum atomic E-state index is 11.8. The summed E-state index contributed by atoms with van der Waals surface area (Å²) in [5.74, 6) is 1.62. The lowest BCUT2D eigenvalue weighted by Crippen LogP contribution is -2.45. The first-order valence-corrected chi connectivity index (χ1v) is 15.9. The Morgan fingerprint density at radius 3 is 2.46 bits per heavy atom. The van der Waals surface area contributed by atoms with Crippen LogP contribution >= 0.6 is 0 Å². The number of benzene rings is 1. The second-order valence-electron chi connectivity index (χ2n) is 11.7. The van der Waals surface area contributed by atoms with Crippen LogP contribution in [0.3, 0.4) is 0 Å². The number of aromatic hydroxyl groups is 1. The third kappa shape index (κ3) is 6.78. The fraction of sp³-hybridized carbons (Fsp3) is 0.700. The molecule has 0 amide bonds. The Hall–Kier alpha value is -1.86. The topological polar surface area (TPSA) is 89.9 Å². The molecule has 1 aromatic carbocycles. The lowest BCUT2D eigenvalue weighted by atomic mass is 9.54. The van der Waals surface area contributed by atoms with Crippen molar-refractivity contribution < 1.29 is 27.2 Å². The number of hydrogen-bond donors (Lipinski definition) is 1. The zero-order valence-corrected chi connectivity index (χ0v) is 23.5. The Bertz CT molecular complexity index is 1090. The number of carbonyl (C=O) groups excluding carboxylic acids is 1. The summed E-state index contributed by atoms with van der Waals surface area (Å²) in [6.45, 7) is 4.16. The number of carbonyl (C=O) groups is 1. The van der Waals surface area contributed by atoms with E-state index in [0.29, 0.717) is 23.5 Å². The molecule has 6 nitrogen and oxygen atoms in total. The molecule has 4 rings (SSSR count). The zero-order chi connectivity index (χ0) is 26.6. The SMILES string of the molecule is CC(=O)O[C@H]1CC[C@H]2[C@@H]3C(CCCCCCCCCOS(C)(=O)=O)=Cc4cc(O)ccc4[C@H]3CC[C@]12C. The van der Waals surface area contributed by atoms with Crippen LogP contribution in [0.1, 0.15) is 108 Å². The summed E-state index contributed by atoms with van der Waals surface area (Å²) in [7, 11) is -3.33. The van der Waals surface area contributed by atoms with E-state index in [-0.39, 0.29) is 24.1 Å². The first kappa shape index (κ1) is 28.2. The van der Waals surface area contributed by atoms with Crippen molar-refractivity contribution in [3.8, 4) is 5.75 Å². The standard InChI is InChI=1S/C30H44O6S/c1-21(31)36-28-15-14-27-29-22(11-9-7-5-4-6-8-10-18-35-37(3,33)34)19-23-20-24(32)12-13-25(23)26(29)16-17-30(27,28)2/h12-13,19-20,26-29,32H,4-11,14-18H2,1-3H3/t26-,27+,28+,29-,30+/m1/s1. The Labute approximate surface area is 223 Å². The van der Waals surface area contributed by atoms with Gasteiger partial charge in [-0.05, 0) is 86.0 Å². The summed E-state index contributed by atoms with van der Waals surface area (Å²) in [4.78, 5) is 11.8. The Balaban J connectivity index is 1.36. The van der Waals surface area contributed by atoms with Crippen LogP contribution in [0.2, 0.25) is 0 Å². The van der Waals surface area contributed by atoms with Gasteiger partial charge in [0.15, 0.2) is 0 Å². The van der Waals surface area contributed by atoms with Crippen LogP contribution < -0.4 is 0 Å². The molecule has 0 unspecified atom stereocenters. The number of unbranched alkanes of at least 4 members (excludes halogenated alkanes) is 6. The van der Waals surface area contributed by atoms with E-state index in [1.54, 1.807) is 0 Å². The number of esters is 1. The van der Waals surface area contributed by atoms with Crippen LogP contribution in [0.5, 0.6) is 5.75 Å². The number of hydrogen-bond acceptors (Lipinski definition) is 6. The van der Waals surface area contributed by atoms with E-state index >= 15 is 0 Å². The van der Waals surface area contributed by atoms with Crippen LogP contribution in [-0.4, -0.2) is 38.5 Å². The van der Waals surface area contributed by atoms with Gasteiger partial charge in [-0.2, -0.15) is 8.42 Å². The van der Waals surface area contributed by atoms with Gasteiger partial charge in [0.25, 0.3) is 10.1 Å². The van der Waals surface area contributed by atoms with Crippen molar-refractivity contribution in [2.45, 2.75) is 103 Å². The molecule has 2 saturated carbocycles. The van der Waals surface area contributed by atoms with E-state index < -0.39 is 10.1 Å². The van der Waals surface area contributed by atoms with E-state index in [1.807, 2.05) is 12.1 Å². The molecule has 5 atom stereocenters. The van der Waals surface area contributed by atoms with E-state index in [9.17, 15) is 18.3 Å². The number of phenolic OH excluding ortho intramolecular Hbond substituents is 1. The molecule has 0 spiro atoms. The van der Waals surface area contributed by atoms with Crippen molar-refractivity contribution in [2.24, 2.45) is 17.3 Å². The molecule has 1 N–H and O–H groups in total. The Morgan fingerprint density at radius 2 is 1.76 bits per heavy atom. The van der Waals surface area contributed by atoms with Gasteiger partial charge < -0.3 is 9.84 Å². The van der Waals surface area contributed by atoms with E-state index in [1.165, 1.54) is 36.5 Å². The van der Waals surface area contributed by atoms with Gasteiger partial charge >= 0.3 is 5.97 Å². The van der Waals surface area contributed by atoms with Gasteiger partial charge in [-0.3, -0.25) is 8.98 Å². The average molecular weight is 533 g/mol. The minimum absolute atomic E-state index is 0.0150. The zero-order valence-electron chi connectivity index (χ0n) is 22.7. The monoisotopic (exact) mass is 532 g/mol. The van der Waals surface area contributed by atoms with Crippen molar-refractivity contribution in [1.29, 1.82) is 0 Å². The largest absolute Gasteiger partial charge is 0.508 e. The highest BCUT2D eigenvalue weighted by atomic mass is 32.2. The second kappa shape index (κ2) is 11.9. The first-order valence-electron chi connectivity index (χ1n) is 14.1. The lowest BCUT2D eigenvalue weighted by molar-refractivity contribution is -0.154. The summed E-state index contributed by atoms with van der Waals surface area (Å²) in [6, 6.07) is 5.87. The molecule has 1 aromatic rings. The van der Waals surface area contributed by atoms with Gasteiger partial charge in [-0.1, -0.05) is 56.7 Å². The molecule has 37 heavy (non-hydrogen) atoms. The van der Waals surface area contributed by atoms with Gasteiger partial charge in [-0.25, -0.2) is 0 Å². The van der Waals surface area contributed by atoms with Gasteiger partial charge in [0.2, 0.25) is 0 Å². The Morgan fingerprint density at radius 1 is 1.05 bits per heavy atom. The summed E-state index contributed by atoms with van der Waals surface area (Å²) in [6.07, 6.45) is 16.3. The van der Waals surface area contributed by atoms with Crippen molar-refractivity contribution in [1.82, 2.24) is 0 Å². The fourth-order valence-electron chi connectivity index (χ4n) is 7.44. The highest BCUT2D eigenvalue weighted by Gasteiger charge is 2.56. The molecule has 3 aliphatic carbocycles. The smallest absolute Gasteiger partial charge is 0.302 e. The highest BCUT2D eigenvalue weighted by molar-refractivity contribution is 7.85. The third-order valence-corrected chi connectivity index (χ3v) is 9.73. The van der Waals surface area contributed by atoms with Crippen LogP contribution in [-0.2, 0) is 23.8 Å². The number of ether oxygens (including phenoxy) is 1. The summed E-state index contributed by atoms with van der Waals surface area (Å²) in [5, 5.41) is 10.2. The van der Waals surface area contributed by atoms with E-state index in [2.05, 4.69) is 19.1 Å². The third-order valence-electron chi connectivity index (χ3n) is 9.14. The number of allylic oxidation sites excluding steroid dienone is 1. The number of rotatable bonds is 12. The lowest BCUT2D eigenvalue weighted by Gasteiger charge is -2.50. The number of fused-ring (bicyclic) bond motifs is 5. The molecule has 7 heteroatoms. The maximum absolute atomic E-state index is 11.8. The normalized spacial score (nSPS) is 28.7. The van der Waals surface area contributed by atoms with Gasteiger partial charge in [0.1, 0.15) is 11.9 Å². The van der Waals surface area contributed by atoms with E-state index in [4.69, 9.17) is 8.92 Å². The molecule has 0 aliphatic heterocycles. The average Bonchev–Trinajstić information content (AvgIpc) is 3.14. The van der Waals surface area contributed by atoms with Crippen LogP contribution in [0.25, 0.3) is 6.08 Å². The maximum Gasteiger partial charge on any atom is 0.302 e. The van der Waals surface area contributed by atoms with Crippen molar-refractivity contribution >= 4 is 22.2 Å². The highest BCUT2D eigenvalue weighted by Crippen LogP contribution is 2.63. The molecular weight excluding hydrogens is 488 g/mol. The molecule has 0 aromatic heterocycles. The molecule has 0 heterocycles. The van der Waals surface area contributed by atoms with Gasteiger partial charge in [0.05, 0.1) is 12.9 Å². The first-order chi connectivity index (χ1) is 17.6. The van der Waals surface area contributed by atoms with Crippen molar-refractivity contribution in [2.75, 3.05) is 12.9 Å². The van der Waals surface area contributed by atoms with Gasteiger partial charge in [0, 0.05) is 12.3 Å². The van der Waals surface area contributed by atoms with Crippen LogP contribution in [0.15, 0.2) is 23.8 Å². The van der Waals surface area contributed by atoms with Gasteiger partial charge in [-0.15, -0.1) is 0 Å². The fourth-order valence-corrected chi connectivity index (χ4v) is 7.86. The summed E-state index contributed by atoms with van der Waals surface area (Å²) >= 11 is 0. The molecule has 2 fully saturated rings. The molecule has 0 radical (unpaired) electrons.